The quantitative estimate of drug-likeness (QED) is 0.635. The van der Waals surface area contributed by atoms with Gasteiger partial charge < -0.3 is 10.6 Å². The standard InChI is InChI=1S/C12H14N4O3S/c1-13-12-15-11(17)10(20-12)6-7-14-8-2-4-9(5-3-8)16(18)19/h2-5,10,14H,6-7H2,1H3,(H,13,15,17). The lowest BCUT2D eigenvalue weighted by Crippen LogP contribution is -2.26. The first-order valence-electron chi connectivity index (χ1n) is 6.03. The predicted octanol–water partition coefficient (Wildman–Crippen LogP) is 1.61. The second-order valence-corrected chi connectivity index (χ2v) is 5.34. The SMILES string of the molecule is CN=C1NC(=O)C(CCNc2ccc([N+](=O)[O-])cc2)S1. The van der Waals surface area contributed by atoms with E-state index in [9.17, 15) is 14.9 Å². The number of amidine groups is 1. The largest absolute Gasteiger partial charge is 0.385 e. The number of nitro benzene ring substituents is 1. The number of thioether (sulfide) groups is 1. The van der Waals surface area contributed by atoms with E-state index in [0.717, 1.165) is 5.69 Å². The summed E-state index contributed by atoms with van der Waals surface area (Å²) >= 11 is 1.42. The van der Waals surface area contributed by atoms with Crippen LogP contribution in [-0.4, -0.2) is 34.8 Å². The molecule has 1 aliphatic rings. The maximum absolute atomic E-state index is 11.6. The molecule has 2 N–H and O–H groups in total. The van der Waals surface area contributed by atoms with Crippen molar-refractivity contribution in [2.24, 2.45) is 4.99 Å². The summed E-state index contributed by atoms with van der Waals surface area (Å²) in [5.74, 6) is -0.0268. The smallest absolute Gasteiger partial charge is 0.269 e. The Labute approximate surface area is 120 Å². The van der Waals surface area contributed by atoms with Crippen LogP contribution in [0.2, 0.25) is 0 Å². The van der Waals surface area contributed by atoms with Crippen LogP contribution in [0.1, 0.15) is 6.42 Å². The average Bonchev–Trinajstić information content (AvgIpc) is 2.80. The summed E-state index contributed by atoms with van der Waals surface area (Å²) in [5.41, 5.74) is 0.855. The number of nitro groups is 1. The summed E-state index contributed by atoms with van der Waals surface area (Å²) in [6, 6.07) is 6.19. The Morgan fingerprint density at radius 1 is 1.45 bits per heavy atom. The molecule has 0 saturated carbocycles. The summed E-state index contributed by atoms with van der Waals surface area (Å²) in [7, 11) is 1.64. The van der Waals surface area contributed by atoms with E-state index >= 15 is 0 Å². The Balaban J connectivity index is 1.81. The van der Waals surface area contributed by atoms with E-state index in [4.69, 9.17) is 0 Å². The van der Waals surface area contributed by atoms with Crippen LogP contribution >= 0.6 is 11.8 Å². The molecule has 1 aliphatic heterocycles. The van der Waals surface area contributed by atoms with Crippen molar-refractivity contribution in [3.05, 3.63) is 34.4 Å². The molecule has 0 bridgehead atoms. The van der Waals surface area contributed by atoms with Gasteiger partial charge in [0.25, 0.3) is 5.69 Å². The van der Waals surface area contributed by atoms with Gasteiger partial charge in [0.1, 0.15) is 0 Å². The second-order valence-electron chi connectivity index (χ2n) is 4.14. The van der Waals surface area contributed by atoms with E-state index in [0.29, 0.717) is 18.1 Å². The minimum Gasteiger partial charge on any atom is -0.385 e. The van der Waals surface area contributed by atoms with Crippen LogP contribution in [0.25, 0.3) is 0 Å². The summed E-state index contributed by atoms with van der Waals surface area (Å²) < 4.78 is 0. The third-order valence-electron chi connectivity index (χ3n) is 2.79. The minimum atomic E-state index is -0.436. The van der Waals surface area contributed by atoms with Gasteiger partial charge in [-0.3, -0.25) is 19.9 Å². The summed E-state index contributed by atoms with van der Waals surface area (Å²) in [6.45, 7) is 0.611. The second kappa shape index (κ2) is 6.38. The third kappa shape index (κ3) is 3.47. The van der Waals surface area contributed by atoms with Crippen LogP contribution in [0.5, 0.6) is 0 Å². The molecule has 1 aromatic rings. The lowest BCUT2D eigenvalue weighted by Gasteiger charge is -2.08. The fourth-order valence-corrected chi connectivity index (χ4v) is 2.69. The first kappa shape index (κ1) is 14.3. The third-order valence-corrected chi connectivity index (χ3v) is 4.04. The van der Waals surface area contributed by atoms with Gasteiger partial charge in [0, 0.05) is 31.4 Å². The van der Waals surface area contributed by atoms with Crippen LogP contribution in [0.4, 0.5) is 11.4 Å². The Hall–Kier alpha value is -2.09. The number of rotatable bonds is 5. The van der Waals surface area contributed by atoms with Crippen LogP contribution in [-0.2, 0) is 4.79 Å². The topological polar surface area (TPSA) is 96.6 Å². The first-order chi connectivity index (χ1) is 9.60. The Kier molecular flexibility index (Phi) is 4.57. The van der Waals surface area contributed by atoms with Crippen molar-refractivity contribution in [3.8, 4) is 0 Å². The molecule has 1 unspecified atom stereocenters. The molecule has 0 aliphatic carbocycles. The van der Waals surface area contributed by atoms with Crippen molar-refractivity contribution in [2.45, 2.75) is 11.7 Å². The van der Waals surface area contributed by atoms with Gasteiger partial charge in [-0.25, -0.2) is 0 Å². The molecular formula is C12H14N4O3S. The number of nitrogens with zero attached hydrogens (tertiary/aromatic N) is 2. The number of hydrogen-bond donors (Lipinski definition) is 2. The zero-order valence-corrected chi connectivity index (χ0v) is 11.6. The number of carbonyl (C=O) groups excluding carboxylic acids is 1. The number of anilines is 1. The van der Waals surface area contributed by atoms with E-state index in [1.807, 2.05) is 0 Å². The Morgan fingerprint density at radius 3 is 2.70 bits per heavy atom. The van der Waals surface area contributed by atoms with Gasteiger partial charge in [-0.15, -0.1) is 0 Å². The highest BCUT2D eigenvalue weighted by atomic mass is 32.2. The maximum atomic E-state index is 11.6. The fraction of sp³-hybridized carbons (Fsp3) is 0.333. The van der Waals surface area contributed by atoms with Crippen molar-refractivity contribution in [3.63, 3.8) is 0 Å². The average molecular weight is 294 g/mol. The van der Waals surface area contributed by atoms with E-state index in [1.54, 1.807) is 19.2 Å². The molecule has 1 saturated heterocycles. The van der Waals surface area contributed by atoms with Gasteiger partial charge in [-0.1, -0.05) is 11.8 Å². The summed E-state index contributed by atoms with van der Waals surface area (Å²) in [6.07, 6.45) is 0.659. The van der Waals surface area contributed by atoms with Crippen LogP contribution in [0.3, 0.4) is 0 Å². The van der Waals surface area contributed by atoms with Crippen molar-refractivity contribution < 1.29 is 9.72 Å². The molecule has 1 aromatic carbocycles. The number of aliphatic imine (C=N–C) groups is 1. The molecule has 1 heterocycles. The molecule has 1 atom stereocenters. The highest BCUT2D eigenvalue weighted by Gasteiger charge is 2.29. The van der Waals surface area contributed by atoms with Gasteiger partial charge in [0.05, 0.1) is 10.2 Å². The molecular weight excluding hydrogens is 280 g/mol. The zero-order valence-electron chi connectivity index (χ0n) is 10.8. The maximum Gasteiger partial charge on any atom is 0.269 e. The van der Waals surface area contributed by atoms with E-state index in [1.165, 1.54) is 23.9 Å². The predicted molar refractivity (Wildman–Crippen MR) is 79.1 cm³/mol. The van der Waals surface area contributed by atoms with Gasteiger partial charge in [-0.2, -0.15) is 0 Å². The van der Waals surface area contributed by atoms with E-state index in [-0.39, 0.29) is 16.8 Å². The number of carbonyl (C=O) groups is 1. The van der Waals surface area contributed by atoms with Crippen LogP contribution in [0.15, 0.2) is 29.3 Å². The molecule has 0 radical (unpaired) electrons. The number of benzene rings is 1. The normalized spacial score (nSPS) is 19.9. The van der Waals surface area contributed by atoms with Crippen molar-refractivity contribution >= 4 is 34.2 Å². The van der Waals surface area contributed by atoms with Crippen molar-refractivity contribution in [1.82, 2.24) is 5.32 Å². The van der Waals surface area contributed by atoms with Gasteiger partial charge >= 0.3 is 0 Å². The molecule has 8 heteroatoms. The van der Waals surface area contributed by atoms with Gasteiger partial charge in [-0.05, 0) is 18.6 Å². The number of amides is 1. The number of hydrogen-bond acceptors (Lipinski definition) is 6. The van der Waals surface area contributed by atoms with Crippen LogP contribution < -0.4 is 10.6 Å². The van der Waals surface area contributed by atoms with E-state index in [2.05, 4.69) is 15.6 Å². The van der Waals surface area contributed by atoms with E-state index < -0.39 is 4.92 Å². The molecule has 0 aromatic heterocycles. The highest BCUT2D eigenvalue weighted by molar-refractivity contribution is 8.15. The Bertz CT molecular complexity index is 544. The monoisotopic (exact) mass is 294 g/mol. The molecule has 0 spiro atoms. The van der Waals surface area contributed by atoms with Crippen molar-refractivity contribution in [1.29, 1.82) is 0 Å². The van der Waals surface area contributed by atoms with Crippen molar-refractivity contribution in [2.75, 3.05) is 18.9 Å². The molecule has 1 fully saturated rings. The molecule has 20 heavy (non-hydrogen) atoms. The number of nitrogens with one attached hydrogen (secondary N) is 2. The molecule has 106 valence electrons. The van der Waals surface area contributed by atoms with Gasteiger partial charge in [0.15, 0.2) is 5.17 Å². The summed E-state index contributed by atoms with van der Waals surface area (Å²) in [5, 5.41) is 16.9. The molecule has 7 nitrogen and oxygen atoms in total. The lowest BCUT2D eigenvalue weighted by molar-refractivity contribution is -0.384. The fourth-order valence-electron chi connectivity index (χ4n) is 1.75. The minimum absolute atomic E-state index is 0.0268. The van der Waals surface area contributed by atoms with Crippen LogP contribution in [0, 0.1) is 10.1 Å². The first-order valence-corrected chi connectivity index (χ1v) is 6.91. The highest BCUT2D eigenvalue weighted by Crippen LogP contribution is 2.22. The number of non-ortho nitro benzene ring substituents is 1. The lowest BCUT2D eigenvalue weighted by atomic mass is 10.2. The van der Waals surface area contributed by atoms with Gasteiger partial charge in [0.2, 0.25) is 5.91 Å². The Morgan fingerprint density at radius 2 is 2.15 bits per heavy atom. The molecule has 1 amide bonds. The summed E-state index contributed by atoms with van der Waals surface area (Å²) in [4.78, 5) is 25.6. The molecule has 2 rings (SSSR count). The zero-order chi connectivity index (χ0) is 14.5.